The molecule has 0 spiro atoms. The number of fused-ring (bicyclic) bond motifs is 2. The van der Waals surface area contributed by atoms with Crippen molar-refractivity contribution < 1.29 is 14.4 Å². The van der Waals surface area contributed by atoms with E-state index in [1.54, 1.807) is 4.90 Å². The highest BCUT2D eigenvalue weighted by Gasteiger charge is 2.54. The van der Waals surface area contributed by atoms with Gasteiger partial charge in [0.25, 0.3) is 5.91 Å². The zero-order valence-electron chi connectivity index (χ0n) is 15.9. The number of hydrogen-bond acceptors (Lipinski definition) is 5. The van der Waals surface area contributed by atoms with Gasteiger partial charge in [0.05, 0.1) is 0 Å². The molecule has 7 nitrogen and oxygen atoms in total. The molecule has 3 N–H and O–H groups in total. The van der Waals surface area contributed by atoms with Gasteiger partial charge in [-0.2, -0.15) is 0 Å². The monoisotopic (exact) mass is 382 g/mol. The van der Waals surface area contributed by atoms with Crippen LogP contribution < -0.4 is 16.0 Å². The van der Waals surface area contributed by atoms with Crippen molar-refractivity contribution >= 4 is 17.7 Å². The van der Waals surface area contributed by atoms with E-state index < -0.39 is 6.04 Å². The van der Waals surface area contributed by atoms with Gasteiger partial charge in [0.2, 0.25) is 11.8 Å². The second-order valence-corrected chi connectivity index (χ2v) is 8.67. The molecule has 0 radical (unpaired) electrons. The Bertz CT molecular complexity index is 854. The summed E-state index contributed by atoms with van der Waals surface area (Å²) in [6, 6.07) is 6.09. The van der Waals surface area contributed by atoms with Crippen LogP contribution in [0, 0.1) is 5.41 Å². The Kier molecular flexibility index (Phi) is 4.25. The summed E-state index contributed by atoms with van der Waals surface area (Å²) in [5, 5.41) is 9.54. The molecular weight excluding hydrogens is 356 g/mol. The molecule has 0 bridgehead atoms. The Balaban J connectivity index is 1.22. The average Bonchev–Trinajstić information content (AvgIpc) is 3.32. The minimum Gasteiger partial charge on any atom is -0.322 e. The molecule has 3 atom stereocenters. The maximum atomic E-state index is 12.7. The summed E-state index contributed by atoms with van der Waals surface area (Å²) in [5.74, 6) is -0.736. The van der Waals surface area contributed by atoms with E-state index in [1.165, 1.54) is 19.3 Å². The number of rotatable bonds is 5. The molecule has 148 valence electrons. The first kappa shape index (κ1) is 17.8. The maximum absolute atomic E-state index is 12.7. The zero-order chi connectivity index (χ0) is 19.3. The van der Waals surface area contributed by atoms with E-state index in [-0.39, 0.29) is 24.1 Å². The van der Waals surface area contributed by atoms with Crippen LogP contribution >= 0.6 is 0 Å². The van der Waals surface area contributed by atoms with Crippen molar-refractivity contribution in [2.24, 2.45) is 5.41 Å². The van der Waals surface area contributed by atoms with E-state index in [4.69, 9.17) is 0 Å². The molecule has 1 aromatic carbocycles. The predicted molar refractivity (Wildman–Crippen MR) is 102 cm³/mol. The van der Waals surface area contributed by atoms with Gasteiger partial charge in [0, 0.05) is 37.7 Å². The maximum Gasteiger partial charge on any atom is 0.255 e. The highest BCUT2D eigenvalue weighted by atomic mass is 16.2. The summed E-state index contributed by atoms with van der Waals surface area (Å²) in [4.78, 5) is 37.9. The van der Waals surface area contributed by atoms with Crippen LogP contribution in [0.15, 0.2) is 18.2 Å². The van der Waals surface area contributed by atoms with Crippen LogP contribution in [0.5, 0.6) is 0 Å². The number of carbonyl (C=O) groups is 3. The second-order valence-electron chi connectivity index (χ2n) is 8.67. The fourth-order valence-corrected chi connectivity index (χ4v) is 5.11. The molecule has 1 saturated carbocycles. The molecular formula is C21H26N4O3. The molecule has 4 aliphatic rings. The molecule has 1 aromatic rings. The number of piperidine rings is 2. The predicted octanol–water partition coefficient (Wildman–Crippen LogP) is 0.679. The third-order valence-electron chi connectivity index (χ3n) is 6.83. The largest absolute Gasteiger partial charge is 0.322 e. The minimum absolute atomic E-state index is 0.114. The van der Waals surface area contributed by atoms with Crippen LogP contribution in [0.1, 0.15) is 53.6 Å². The Morgan fingerprint density at radius 3 is 2.96 bits per heavy atom. The Hall–Kier alpha value is -2.25. The number of nitrogens with one attached hydrogen (secondary N) is 3. The first-order chi connectivity index (χ1) is 13.6. The summed E-state index contributed by atoms with van der Waals surface area (Å²) in [5.41, 5.74) is 3.25. The summed E-state index contributed by atoms with van der Waals surface area (Å²) >= 11 is 0. The topological polar surface area (TPSA) is 90.5 Å². The lowest BCUT2D eigenvalue weighted by Crippen LogP contribution is -2.52. The van der Waals surface area contributed by atoms with E-state index in [0.29, 0.717) is 30.0 Å². The quantitative estimate of drug-likeness (QED) is 0.652. The van der Waals surface area contributed by atoms with Gasteiger partial charge in [0.15, 0.2) is 0 Å². The van der Waals surface area contributed by atoms with Crippen molar-refractivity contribution in [3.8, 4) is 0 Å². The van der Waals surface area contributed by atoms with Gasteiger partial charge in [0.1, 0.15) is 6.04 Å². The first-order valence-electron chi connectivity index (χ1n) is 10.3. The Labute approximate surface area is 164 Å². The molecule has 1 aliphatic carbocycles. The molecule has 3 aliphatic heterocycles. The lowest BCUT2D eigenvalue weighted by molar-refractivity contribution is -0.136. The third kappa shape index (κ3) is 3.02. The average molecular weight is 382 g/mol. The third-order valence-corrected chi connectivity index (χ3v) is 6.83. The van der Waals surface area contributed by atoms with E-state index in [1.807, 2.05) is 12.1 Å². The number of nitrogens with zero attached hydrogens (tertiary/aromatic N) is 1. The Morgan fingerprint density at radius 1 is 1.25 bits per heavy atom. The fourth-order valence-electron chi connectivity index (χ4n) is 5.11. The van der Waals surface area contributed by atoms with Gasteiger partial charge < -0.3 is 15.5 Å². The summed E-state index contributed by atoms with van der Waals surface area (Å²) in [6.07, 6.45) is 4.52. The van der Waals surface area contributed by atoms with Crippen LogP contribution in [0.4, 0.5) is 0 Å². The van der Waals surface area contributed by atoms with Gasteiger partial charge >= 0.3 is 0 Å². The van der Waals surface area contributed by atoms with Crippen molar-refractivity contribution in [2.45, 2.75) is 57.3 Å². The van der Waals surface area contributed by atoms with Crippen molar-refractivity contribution in [2.75, 3.05) is 13.1 Å². The highest BCUT2D eigenvalue weighted by Crippen LogP contribution is 2.51. The van der Waals surface area contributed by atoms with E-state index in [2.05, 4.69) is 22.0 Å². The summed E-state index contributed by atoms with van der Waals surface area (Å²) in [7, 11) is 0. The highest BCUT2D eigenvalue weighted by molar-refractivity contribution is 6.05. The van der Waals surface area contributed by atoms with Crippen LogP contribution in [-0.4, -0.2) is 47.8 Å². The normalized spacial score (nSPS) is 31.4. The zero-order valence-corrected chi connectivity index (χ0v) is 15.9. The van der Waals surface area contributed by atoms with Crippen molar-refractivity contribution in [3.05, 3.63) is 34.9 Å². The number of carbonyl (C=O) groups excluding carboxylic acids is 3. The molecule has 3 heterocycles. The smallest absolute Gasteiger partial charge is 0.255 e. The van der Waals surface area contributed by atoms with Crippen LogP contribution in [0.2, 0.25) is 0 Å². The molecule has 3 fully saturated rings. The van der Waals surface area contributed by atoms with E-state index in [9.17, 15) is 14.4 Å². The van der Waals surface area contributed by atoms with Crippen LogP contribution in [-0.2, 0) is 22.7 Å². The molecule has 7 heteroatoms. The lowest BCUT2D eigenvalue weighted by atomic mass is 9.96. The van der Waals surface area contributed by atoms with Gasteiger partial charge in [-0.15, -0.1) is 0 Å². The van der Waals surface area contributed by atoms with Gasteiger partial charge in [-0.25, -0.2) is 0 Å². The molecule has 2 saturated heterocycles. The standard InChI is InChI=1S/C21H26N4O3/c26-18-5-4-16(19(27)24-18)25-11-14-8-13(2-3-15(14)20(25)28)10-22-12-21-6-1-7-23-17(21)9-21/h2-3,8,16-17,22-23H,1,4-7,9-12H2,(H,24,26,27). The van der Waals surface area contributed by atoms with Gasteiger partial charge in [-0.05, 0) is 54.8 Å². The lowest BCUT2D eigenvalue weighted by Gasteiger charge is -2.29. The van der Waals surface area contributed by atoms with Crippen molar-refractivity contribution in [1.29, 1.82) is 0 Å². The second kappa shape index (κ2) is 6.67. The fraction of sp³-hybridized carbons (Fsp3) is 0.571. The Morgan fingerprint density at radius 2 is 2.14 bits per heavy atom. The number of hydrogen-bond donors (Lipinski definition) is 3. The molecule has 0 aromatic heterocycles. The van der Waals surface area contributed by atoms with Crippen molar-refractivity contribution in [3.63, 3.8) is 0 Å². The number of imide groups is 1. The number of benzene rings is 1. The summed E-state index contributed by atoms with van der Waals surface area (Å²) < 4.78 is 0. The van der Waals surface area contributed by atoms with Crippen molar-refractivity contribution in [1.82, 2.24) is 20.9 Å². The number of amides is 3. The summed E-state index contributed by atoms with van der Waals surface area (Å²) in [6.45, 7) is 3.40. The van der Waals surface area contributed by atoms with Gasteiger partial charge in [-0.1, -0.05) is 12.1 Å². The first-order valence-corrected chi connectivity index (χ1v) is 10.3. The van der Waals surface area contributed by atoms with E-state index >= 15 is 0 Å². The van der Waals surface area contributed by atoms with Crippen LogP contribution in [0.3, 0.4) is 0 Å². The molecule has 28 heavy (non-hydrogen) atoms. The minimum atomic E-state index is -0.552. The molecule has 3 amide bonds. The SMILES string of the molecule is O=C1CCC(N2Cc3cc(CNCC45CCCNC4C5)ccc3C2=O)C(=O)N1. The molecule has 3 unspecified atom stereocenters. The molecule has 5 rings (SSSR count). The van der Waals surface area contributed by atoms with Gasteiger partial charge in [-0.3, -0.25) is 19.7 Å². The van der Waals surface area contributed by atoms with Crippen LogP contribution in [0.25, 0.3) is 0 Å². The van der Waals surface area contributed by atoms with E-state index in [0.717, 1.165) is 30.8 Å².